The van der Waals surface area contributed by atoms with Gasteiger partial charge in [-0.1, -0.05) is 0 Å². The second-order valence-corrected chi connectivity index (χ2v) is 3.76. The Morgan fingerprint density at radius 2 is 2.47 bits per heavy atom. The number of carbonyl (C=O) groups excluding carboxylic acids is 1. The highest BCUT2D eigenvalue weighted by molar-refractivity contribution is 5.85. The smallest absolute Gasteiger partial charge is 0.240 e. The van der Waals surface area contributed by atoms with Crippen molar-refractivity contribution in [2.24, 2.45) is 5.73 Å². The number of primary amides is 1. The van der Waals surface area contributed by atoms with Crippen LogP contribution in [0.1, 0.15) is 12.8 Å². The summed E-state index contributed by atoms with van der Waals surface area (Å²) in [5.41, 5.74) is 6.50. The van der Waals surface area contributed by atoms with E-state index in [1.165, 1.54) is 6.33 Å². The fourth-order valence-electron chi connectivity index (χ4n) is 2.24. The van der Waals surface area contributed by atoms with Gasteiger partial charge in [0.05, 0.1) is 6.54 Å². The van der Waals surface area contributed by atoms with Crippen molar-refractivity contribution in [2.75, 3.05) is 4.90 Å². The summed E-state index contributed by atoms with van der Waals surface area (Å²) in [6.07, 6.45) is 5.24. The maximum atomic E-state index is 11.3. The van der Waals surface area contributed by atoms with Gasteiger partial charge in [-0.2, -0.15) is 10.1 Å². The lowest BCUT2D eigenvalue weighted by Crippen LogP contribution is -2.42. The zero-order valence-electron chi connectivity index (χ0n) is 8.13. The number of amides is 1. The minimum absolute atomic E-state index is 0.264. The molecule has 1 fully saturated rings. The number of fused-ring (bicyclic) bond motifs is 3. The Hall–Kier alpha value is -1.85. The third-order valence-corrected chi connectivity index (χ3v) is 2.93. The van der Waals surface area contributed by atoms with Crippen molar-refractivity contribution in [1.82, 2.24) is 14.8 Å². The van der Waals surface area contributed by atoms with Crippen LogP contribution in [0.3, 0.4) is 0 Å². The Kier molecular flexibility index (Phi) is 1.59. The second kappa shape index (κ2) is 2.82. The van der Waals surface area contributed by atoms with Crippen molar-refractivity contribution in [1.29, 1.82) is 0 Å². The number of nitrogens with zero attached hydrogens (tertiary/aromatic N) is 4. The SMILES string of the molecule is NC(=O)C1CCC2=CCn3ncnc3N21. The number of hydrogen-bond acceptors (Lipinski definition) is 4. The molecule has 1 amide bonds. The molecule has 6 nitrogen and oxygen atoms in total. The zero-order chi connectivity index (χ0) is 10.4. The summed E-state index contributed by atoms with van der Waals surface area (Å²) in [5, 5.41) is 4.08. The number of nitrogens with two attached hydrogens (primary N) is 1. The van der Waals surface area contributed by atoms with Crippen molar-refractivity contribution in [3.05, 3.63) is 18.1 Å². The van der Waals surface area contributed by atoms with E-state index in [0.717, 1.165) is 31.0 Å². The van der Waals surface area contributed by atoms with Crippen LogP contribution in [-0.4, -0.2) is 26.7 Å². The van der Waals surface area contributed by atoms with Gasteiger partial charge in [0.15, 0.2) is 0 Å². The minimum atomic E-state index is -0.296. The van der Waals surface area contributed by atoms with Gasteiger partial charge in [-0.15, -0.1) is 0 Å². The van der Waals surface area contributed by atoms with E-state index in [1.54, 1.807) is 4.68 Å². The lowest BCUT2D eigenvalue weighted by Gasteiger charge is -2.27. The number of hydrogen-bond donors (Lipinski definition) is 1. The highest BCUT2D eigenvalue weighted by atomic mass is 16.1. The maximum Gasteiger partial charge on any atom is 0.240 e. The van der Waals surface area contributed by atoms with Gasteiger partial charge in [0.25, 0.3) is 0 Å². The van der Waals surface area contributed by atoms with Gasteiger partial charge in [-0.25, -0.2) is 4.68 Å². The minimum Gasteiger partial charge on any atom is -0.368 e. The average Bonchev–Trinajstić information content (AvgIpc) is 2.82. The molecule has 2 aliphatic heterocycles. The van der Waals surface area contributed by atoms with Crippen LogP contribution in [0, 0.1) is 0 Å². The summed E-state index contributed by atoms with van der Waals surface area (Å²) in [6.45, 7) is 0.729. The Balaban J connectivity index is 2.07. The Bertz CT molecular complexity index is 449. The van der Waals surface area contributed by atoms with E-state index in [1.807, 2.05) is 4.90 Å². The quantitative estimate of drug-likeness (QED) is 0.678. The molecule has 78 valence electrons. The van der Waals surface area contributed by atoms with Crippen LogP contribution in [0.4, 0.5) is 5.95 Å². The maximum absolute atomic E-state index is 11.3. The molecular formula is C9H11N5O. The van der Waals surface area contributed by atoms with E-state index in [-0.39, 0.29) is 11.9 Å². The van der Waals surface area contributed by atoms with Gasteiger partial charge in [-0.05, 0) is 18.9 Å². The van der Waals surface area contributed by atoms with Crippen LogP contribution < -0.4 is 10.6 Å². The second-order valence-electron chi connectivity index (χ2n) is 3.76. The Labute approximate surface area is 86.4 Å². The lowest BCUT2D eigenvalue weighted by atomic mass is 10.2. The van der Waals surface area contributed by atoms with Crippen molar-refractivity contribution < 1.29 is 4.79 Å². The topological polar surface area (TPSA) is 77.0 Å². The summed E-state index contributed by atoms with van der Waals surface area (Å²) in [7, 11) is 0. The van der Waals surface area contributed by atoms with E-state index >= 15 is 0 Å². The molecule has 6 heteroatoms. The molecule has 2 N–H and O–H groups in total. The predicted molar refractivity (Wildman–Crippen MR) is 52.8 cm³/mol. The summed E-state index contributed by atoms with van der Waals surface area (Å²) < 4.78 is 1.77. The molecule has 3 rings (SSSR count). The Morgan fingerprint density at radius 3 is 3.27 bits per heavy atom. The van der Waals surface area contributed by atoms with Crippen molar-refractivity contribution in [3.63, 3.8) is 0 Å². The summed E-state index contributed by atoms with van der Waals surface area (Å²) in [4.78, 5) is 17.3. The first-order valence-corrected chi connectivity index (χ1v) is 4.93. The molecule has 0 saturated carbocycles. The molecule has 0 bridgehead atoms. The number of anilines is 1. The van der Waals surface area contributed by atoms with Crippen molar-refractivity contribution in [2.45, 2.75) is 25.4 Å². The molecule has 0 aromatic carbocycles. The van der Waals surface area contributed by atoms with Gasteiger partial charge in [0.2, 0.25) is 11.9 Å². The molecular weight excluding hydrogens is 194 g/mol. The molecule has 1 unspecified atom stereocenters. The predicted octanol–water partition coefficient (Wildman–Crippen LogP) is -0.370. The van der Waals surface area contributed by atoms with Crippen LogP contribution in [0.15, 0.2) is 18.1 Å². The average molecular weight is 205 g/mol. The number of allylic oxidation sites excluding steroid dienone is 2. The number of carbonyl (C=O) groups is 1. The largest absolute Gasteiger partial charge is 0.368 e. The molecule has 1 aromatic heterocycles. The summed E-state index contributed by atoms with van der Waals surface area (Å²) >= 11 is 0. The van der Waals surface area contributed by atoms with Crippen LogP contribution >= 0.6 is 0 Å². The molecule has 0 aliphatic carbocycles. The van der Waals surface area contributed by atoms with Gasteiger partial charge in [-0.3, -0.25) is 4.79 Å². The molecule has 2 aliphatic rings. The molecule has 3 heterocycles. The van der Waals surface area contributed by atoms with E-state index < -0.39 is 0 Å². The summed E-state index contributed by atoms with van der Waals surface area (Å²) in [6, 6.07) is -0.264. The van der Waals surface area contributed by atoms with Gasteiger partial charge in [0, 0.05) is 5.70 Å². The zero-order valence-corrected chi connectivity index (χ0v) is 8.13. The highest BCUT2D eigenvalue weighted by Gasteiger charge is 2.37. The monoisotopic (exact) mass is 205 g/mol. The van der Waals surface area contributed by atoms with Crippen molar-refractivity contribution >= 4 is 11.9 Å². The first-order chi connectivity index (χ1) is 7.27. The molecule has 1 aromatic rings. The molecule has 15 heavy (non-hydrogen) atoms. The molecule has 1 atom stereocenters. The van der Waals surface area contributed by atoms with Gasteiger partial charge >= 0.3 is 0 Å². The standard InChI is InChI=1S/C9H11N5O/c10-8(15)7-2-1-6-3-4-13-9(14(6)7)11-5-12-13/h3,5,7H,1-2,4H2,(H2,10,15). The summed E-state index contributed by atoms with van der Waals surface area (Å²) in [5.74, 6) is 0.434. The van der Waals surface area contributed by atoms with Crippen LogP contribution in [0.25, 0.3) is 0 Å². The van der Waals surface area contributed by atoms with Crippen LogP contribution in [0.5, 0.6) is 0 Å². The lowest BCUT2D eigenvalue weighted by molar-refractivity contribution is -0.119. The Morgan fingerprint density at radius 1 is 1.60 bits per heavy atom. The first-order valence-electron chi connectivity index (χ1n) is 4.93. The highest BCUT2D eigenvalue weighted by Crippen LogP contribution is 2.34. The normalized spacial score (nSPS) is 23.3. The van der Waals surface area contributed by atoms with E-state index in [0.29, 0.717) is 0 Å². The molecule has 0 radical (unpaired) electrons. The van der Waals surface area contributed by atoms with Gasteiger partial charge < -0.3 is 10.6 Å². The fourth-order valence-corrected chi connectivity index (χ4v) is 2.24. The van der Waals surface area contributed by atoms with Crippen LogP contribution in [0.2, 0.25) is 0 Å². The van der Waals surface area contributed by atoms with Gasteiger partial charge in [0.1, 0.15) is 12.4 Å². The van der Waals surface area contributed by atoms with Crippen molar-refractivity contribution in [3.8, 4) is 0 Å². The fraction of sp³-hybridized carbons (Fsp3) is 0.444. The van der Waals surface area contributed by atoms with Crippen LogP contribution in [-0.2, 0) is 11.3 Å². The first kappa shape index (κ1) is 8.46. The van der Waals surface area contributed by atoms with E-state index in [9.17, 15) is 4.79 Å². The number of rotatable bonds is 1. The van der Waals surface area contributed by atoms with E-state index in [2.05, 4.69) is 16.2 Å². The third kappa shape index (κ3) is 1.07. The van der Waals surface area contributed by atoms with E-state index in [4.69, 9.17) is 5.73 Å². The number of aromatic nitrogens is 3. The third-order valence-electron chi connectivity index (χ3n) is 2.93. The molecule has 0 spiro atoms. The molecule has 1 saturated heterocycles.